The number of anilines is 2. The van der Waals surface area contributed by atoms with Gasteiger partial charge in [0, 0.05) is 58.3 Å². The predicted molar refractivity (Wildman–Crippen MR) is 86.4 cm³/mol. The second kappa shape index (κ2) is 7.24. The Morgan fingerprint density at radius 2 is 1.45 bits per heavy atom. The van der Waals surface area contributed by atoms with E-state index >= 15 is 0 Å². The SMILES string of the molecule is CN(C[C@@H]1CCOC1)c1cc(N(C)C[C@H]2CCOC2)ncn1. The van der Waals surface area contributed by atoms with Gasteiger partial charge in [-0.3, -0.25) is 0 Å². The van der Waals surface area contributed by atoms with Crippen LogP contribution in [0.1, 0.15) is 12.8 Å². The highest BCUT2D eigenvalue weighted by Crippen LogP contribution is 2.21. The Balaban J connectivity index is 1.60. The summed E-state index contributed by atoms with van der Waals surface area (Å²) in [5, 5.41) is 0. The quantitative estimate of drug-likeness (QED) is 0.792. The summed E-state index contributed by atoms with van der Waals surface area (Å²) in [6, 6.07) is 2.08. The van der Waals surface area contributed by atoms with Crippen LogP contribution >= 0.6 is 0 Å². The van der Waals surface area contributed by atoms with Crippen LogP contribution in [0.2, 0.25) is 0 Å². The zero-order valence-electron chi connectivity index (χ0n) is 13.6. The Labute approximate surface area is 132 Å². The summed E-state index contributed by atoms with van der Waals surface area (Å²) in [5.74, 6) is 3.17. The van der Waals surface area contributed by atoms with Gasteiger partial charge < -0.3 is 19.3 Å². The first-order valence-corrected chi connectivity index (χ1v) is 8.12. The Kier molecular flexibility index (Phi) is 5.10. The Morgan fingerprint density at radius 1 is 0.955 bits per heavy atom. The molecule has 2 aliphatic heterocycles. The average Bonchev–Trinajstić information content (AvgIpc) is 3.21. The van der Waals surface area contributed by atoms with E-state index in [1.54, 1.807) is 6.33 Å². The third-order valence-corrected chi connectivity index (χ3v) is 4.53. The molecule has 1 aromatic heterocycles. The molecule has 0 N–H and O–H groups in total. The number of hydrogen-bond donors (Lipinski definition) is 0. The minimum Gasteiger partial charge on any atom is -0.381 e. The molecule has 1 aromatic rings. The fraction of sp³-hybridized carbons (Fsp3) is 0.750. The number of nitrogens with zero attached hydrogens (tertiary/aromatic N) is 4. The largest absolute Gasteiger partial charge is 0.381 e. The molecular weight excluding hydrogens is 280 g/mol. The summed E-state index contributed by atoms with van der Waals surface area (Å²) in [6.45, 7) is 5.47. The van der Waals surface area contributed by atoms with Crippen molar-refractivity contribution < 1.29 is 9.47 Å². The van der Waals surface area contributed by atoms with E-state index in [9.17, 15) is 0 Å². The molecular formula is C16H26N4O2. The summed E-state index contributed by atoms with van der Waals surface area (Å²) in [5.41, 5.74) is 0. The van der Waals surface area contributed by atoms with Gasteiger partial charge in [0.15, 0.2) is 0 Å². The van der Waals surface area contributed by atoms with Crippen molar-refractivity contribution in [2.45, 2.75) is 12.8 Å². The highest BCUT2D eigenvalue weighted by atomic mass is 16.5. The van der Waals surface area contributed by atoms with Crippen LogP contribution < -0.4 is 9.80 Å². The Morgan fingerprint density at radius 3 is 1.86 bits per heavy atom. The van der Waals surface area contributed by atoms with E-state index in [4.69, 9.17) is 9.47 Å². The molecule has 0 amide bonds. The van der Waals surface area contributed by atoms with Gasteiger partial charge in [-0.1, -0.05) is 0 Å². The lowest BCUT2D eigenvalue weighted by Crippen LogP contribution is -2.28. The molecule has 0 spiro atoms. The second-order valence-corrected chi connectivity index (χ2v) is 6.45. The summed E-state index contributed by atoms with van der Waals surface area (Å²) >= 11 is 0. The number of hydrogen-bond acceptors (Lipinski definition) is 6. The summed E-state index contributed by atoms with van der Waals surface area (Å²) in [6.07, 6.45) is 3.95. The molecule has 3 heterocycles. The van der Waals surface area contributed by atoms with Gasteiger partial charge in [0.1, 0.15) is 18.0 Å². The molecule has 3 rings (SSSR count). The molecule has 0 unspecified atom stereocenters. The first-order chi connectivity index (χ1) is 10.7. The van der Waals surface area contributed by atoms with Gasteiger partial charge in [0.05, 0.1) is 13.2 Å². The molecule has 0 saturated carbocycles. The van der Waals surface area contributed by atoms with Crippen LogP contribution in [0, 0.1) is 11.8 Å². The minimum absolute atomic E-state index is 0.608. The molecule has 6 nitrogen and oxygen atoms in total. The monoisotopic (exact) mass is 306 g/mol. The van der Waals surface area contributed by atoms with Crippen molar-refractivity contribution in [2.24, 2.45) is 11.8 Å². The highest BCUT2D eigenvalue weighted by Gasteiger charge is 2.20. The van der Waals surface area contributed by atoms with Gasteiger partial charge in [-0.05, 0) is 12.8 Å². The van der Waals surface area contributed by atoms with Crippen molar-refractivity contribution in [3.8, 4) is 0 Å². The maximum Gasteiger partial charge on any atom is 0.133 e. The van der Waals surface area contributed by atoms with Crippen LogP contribution in [0.4, 0.5) is 11.6 Å². The van der Waals surface area contributed by atoms with Crippen LogP contribution in [0.5, 0.6) is 0 Å². The predicted octanol–water partition coefficient (Wildman–Crippen LogP) is 1.42. The maximum atomic E-state index is 5.45. The first kappa shape index (κ1) is 15.5. The van der Waals surface area contributed by atoms with Crippen LogP contribution in [-0.4, -0.2) is 63.6 Å². The van der Waals surface area contributed by atoms with Crippen molar-refractivity contribution >= 4 is 11.6 Å². The van der Waals surface area contributed by atoms with Crippen LogP contribution in [0.25, 0.3) is 0 Å². The van der Waals surface area contributed by atoms with Crippen molar-refractivity contribution in [3.05, 3.63) is 12.4 Å². The molecule has 2 atom stereocenters. The van der Waals surface area contributed by atoms with E-state index in [1.807, 2.05) is 0 Å². The molecule has 0 radical (unpaired) electrons. The van der Waals surface area contributed by atoms with Crippen LogP contribution in [0.15, 0.2) is 12.4 Å². The van der Waals surface area contributed by atoms with Crippen molar-refractivity contribution in [1.29, 1.82) is 0 Å². The van der Waals surface area contributed by atoms with Gasteiger partial charge in [-0.25, -0.2) is 9.97 Å². The molecule has 0 bridgehead atoms. The molecule has 6 heteroatoms. The van der Waals surface area contributed by atoms with Gasteiger partial charge in [-0.15, -0.1) is 0 Å². The Hall–Kier alpha value is -1.40. The topological polar surface area (TPSA) is 50.7 Å². The third-order valence-electron chi connectivity index (χ3n) is 4.53. The molecule has 2 aliphatic rings. The van der Waals surface area contributed by atoms with E-state index < -0.39 is 0 Å². The average molecular weight is 306 g/mol. The number of aromatic nitrogens is 2. The molecule has 2 fully saturated rings. The van der Waals surface area contributed by atoms with Crippen LogP contribution in [-0.2, 0) is 9.47 Å². The first-order valence-electron chi connectivity index (χ1n) is 8.12. The standard InChI is InChI=1S/C16H26N4O2/c1-19(8-13-3-5-21-10-13)15-7-16(18-12-17-15)20(2)9-14-4-6-22-11-14/h7,12-14H,3-6,8-11H2,1-2H3/t13-,14+. The van der Waals surface area contributed by atoms with Crippen molar-refractivity contribution in [3.63, 3.8) is 0 Å². The van der Waals surface area contributed by atoms with E-state index in [2.05, 4.69) is 39.9 Å². The molecule has 22 heavy (non-hydrogen) atoms. The van der Waals surface area contributed by atoms with Gasteiger partial charge in [0.25, 0.3) is 0 Å². The van der Waals surface area contributed by atoms with Crippen LogP contribution in [0.3, 0.4) is 0 Å². The maximum absolute atomic E-state index is 5.45. The van der Waals surface area contributed by atoms with Crippen molar-refractivity contribution in [2.75, 3.05) is 63.4 Å². The van der Waals surface area contributed by atoms with E-state index in [0.29, 0.717) is 11.8 Å². The molecule has 0 aromatic carbocycles. The van der Waals surface area contributed by atoms with Gasteiger partial charge in [-0.2, -0.15) is 0 Å². The summed E-state index contributed by atoms with van der Waals surface area (Å²) < 4.78 is 10.9. The lowest BCUT2D eigenvalue weighted by molar-refractivity contribution is 0.186. The van der Waals surface area contributed by atoms with E-state index in [-0.39, 0.29) is 0 Å². The second-order valence-electron chi connectivity index (χ2n) is 6.45. The lowest BCUT2D eigenvalue weighted by atomic mass is 10.1. The molecule has 0 aliphatic carbocycles. The minimum atomic E-state index is 0.608. The smallest absolute Gasteiger partial charge is 0.133 e. The summed E-state index contributed by atoms with van der Waals surface area (Å²) in [7, 11) is 4.19. The van der Waals surface area contributed by atoms with E-state index in [1.165, 1.54) is 0 Å². The Bertz CT molecular complexity index is 434. The van der Waals surface area contributed by atoms with Gasteiger partial charge in [0.2, 0.25) is 0 Å². The third kappa shape index (κ3) is 3.87. The number of rotatable bonds is 6. The summed E-state index contributed by atoms with van der Waals surface area (Å²) in [4.78, 5) is 13.2. The fourth-order valence-corrected chi connectivity index (χ4v) is 3.17. The van der Waals surface area contributed by atoms with Crippen molar-refractivity contribution in [1.82, 2.24) is 9.97 Å². The van der Waals surface area contributed by atoms with Gasteiger partial charge >= 0.3 is 0 Å². The fourth-order valence-electron chi connectivity index (χ4n) is 3.17. The molecule has 2 saturated heterocycles. The zero-order valence-corrected chi connectivity index (χ0v) is 13.6. The van der Waals surface area contributed by atoms with E-state index in [0.717, 1.165) is 64.0 Å². The zero-order chi connectivity index (χ0) is 15.4. The lowest BCUT2D eigenvalue weighted by Gasteiger charge is -2.24. The molecule has 122 valence electrons. The number of ether oxygens (including phenoxy) is 2. The normalized spacial score (nSPS) is 24.6. The highest BCUT2D eigenvalue weighted by molar-refractivity contribution is 5.49.